The van der Waals surface area contributed by atoms with E-state index in [9.17, 15) is 14.7 Å². The van der Waals surface area contributed by atoms with E-state index in [1.807, 2.05) is 20.8 Å². The SMILES string of the molecule is CCn1cc(Cl)cc1C(=O)N1C(C(=O)O)CSC1C(C)C. The van der Waals surface area contributed by atoms with Crippen LogP contribution in [0.5, 0.6) is 0 Å². The lowest BCUT2D eigenvalue weighted by molar-refractivity contribution is -0.141. The number of carbonyl (C=O) groups excluding carboxylic acids is 1. The van der Waals surface area contributed by atoms with Crippen molar-refractivity contribution in [3.05, 3.63) is 23.0 Å². The van der Waals surface area contributed by atoms with Crippen LogP contribution in [0.2, 0.25) is 5.02 Å². The second kappa shape index (κ2) is 6.32. The molecule has 7 heteroatoms. The molecule has 0 bridgehead atoms. The average molecular weight is 331 g/mol. The summed E-state index contributed by atoms with van der Waals surface area (Å²) in [5, 5.41) is 9.73. The molecular formula is C14H19ClN2O3S. The molecule has 5 nitrogen and oxygen atoms in total. The molecule has 2 rings (SSSR count). The minimum absolute atomic E-state index is 0.127. The van der Waals surface area contributed by atoms with Crippen LogP contribution in [-0.2, 0) is 11.3 Å². The lowest BCUT2D eigenvalue weighted by Gasteiger charge is -2.30. The van der Waals surface area contributed by atoms with Gasteiger partial charge in [-0.25, -0.2) is 4.79 Å². The van der Waals surface area contributed by atoms with Crippen LogP contribution in [0.1, 0.15) is 31.3 Å². The molecule has 1 saturated heterocycles. The number of thioether (sulfide) groups is 1. The van der Waals surface area contributed by atoms with Gasteiger partial charge < -0.3 is 14.6 Å². The number of rotatable bonds is 4. The molecule has 21 heavy (non-hydrogen) atoms. The third-order valence-corrected chi connectivity index (χ3v) is 5.38. The second-order valence-electron chi connectivity index (χ2n) is 5.36. The van der Waals surface area contributed by atoms with E-state index in [2.05, 4.69) is 0 Å². The van der Waals surface area contributed by atoms with Gasteiger partial charge in [0.25, 0.3) is 5.91 Å². The molecule has 2 heterocycles. The van der Waals surface area contributed by atoms with Crippen LogP contribution in [0.3, 0.4) is 0 Å². The summed E-state index contributed by atoms with van der Waals surface area (Å²) in [6.07, 6.45) is 1.69. The minimum atomic E-state index is -0.959. The Morgan fingerprint density at radius 3 is 2.71 bits per heavy atom. The van der Waals surface area contributed by atoms with Gasteiger partial charge in [-0.05, 0) is 18.9 Å². The summed E-state index contributed by atoms with van der Waals surface area (Å²) >= 11 is 7.50. The van der Waals surface area contributed by atoms with Crippen LogP contribution in [-0.4, -0.2) is 43.6 Å². The van der Waals surface area contributed by atoms with Gasteiger partial charge in [-0.3, -0.25) is 4.79 Å². The summed E-state index contributed by atoms with van der Waals surface area (Å²) in [6.45, 7) is 6.52. The van der Waals surface area contributed by atoms with Gasteiger partial charge in [-0.15, -0.1) is 11.8 Å². The van der Waals surface area contributed by atoms with Crippen LogP contribution >= 0.6 is 23.4 Å². The molecule has 0 spiro atoms. The van der Waals surface area contributed by atoms with Gasteiger partial charge in [-0.1, -0.05) is 25.4 Å². The first-order valence-corrected chi connectivity index (χ1v) is 8.32. The largest absolute Gasteiger partial charge is 0.480 e. The highest BCUT2D eigenvalue weighted by molar-refractivity contribution is 8.00. The monoisotopic (exact) mass is 330 g/mol. The van der Waals surface area contributed by atoms with Crippen molar-refractivity contribution in [1.29, 1.82) is 0 Å². The molecule has 1 N–H and O–H groups in total. The van der Waals surface area contributed by atoms with Gasteiger partial charge in [0.15, 0.2) is 0 Å². The summed E-state index contributed by atoms with van der Waals surface area (Å²) in [5.74, 6) is -0.617. The number of amides is 1. The van der Waals surface area contributed by atoms with Crippen molar-refractivity contribution in [1.82, 2.24) is 9.47 Å². The third-order valence-electron chi connectivity index (χ3n) is 3.55. The molecule has 1 aliphatic rings. The van der Waals surface area contributed by atoms with E-state index in [4.69, 9.17) is 11.6 Å². The number of aliphatic carboxylic acids is 1. The smallest absolute Gasteiger partial charge is 0.327 e. The fraction of sp³-hybridized carbons (Fsp3) is 0.571. The molecule has 0 saturated carbocycles. The summed E-state index contributed by atoms with van der Waals surface area (Å²) in [6, 6.07) is 0.820. The predicted octanol–water partition coefficient (Wildman–Crippen LogP) is 2.79. The molecule has 1 amide bonds. The fourth-order valence-corrected chi connectivity index (χ4v) is 4.23. The summed E-state index contributed by atoms with van der Waals surface area (Å²) < 4.78 is 1.75. The van der Waals surface area contributed by atoms with E-state index < -0.39 is 12.0 Å². The molecule has 2 atom stereocenters. The van der Waals surface area contributed by atoms with Gasteiger partial charge >= 0.3 is 5.97 Å². The van der Waals surface area contributed by atoms with E-state index in [-0.39, 0.29) is 17.2 Å². The topological polar surface area (TPSA) is 62.5 Å². The zero-order valence-corrected chi connectivity index (χ0v) is 13.8. The molecule has 1 aromatic rings. The maximum Gasteiger partial charge on any atom is 0.327 e. The Labute approximate surface area is 133 Å². The van der Waals surface area contributed by atoms with Gasteiger partial charge in [0.05, 0.1) is 10.4 Å². The van der Waals surface area contributed by atoms with Gasteiger partial charge in [0, 0.05) is 18.5 Å². The molecule has 2 unspecified atom stereocenters. The van der Waals surface area contributed by atoms with Crippen LogP contribution in [0, 0.1) is 5.92 Å². The Bertz CT molecular complexity index is 558. The predicted molar refractivity (Wildman–Crippen MR) is 83.8 cm³/mol. The van der Waals surface area contributed by atoms with E-state index >= 15 is 0 Å². The lowest BCUT2D eigenvalue weighted by Crippen LogP contribution is -2.47. The van der Waals surface area contributed by atoms with Gasteiger partial charge in [0.1, 0.15) is 11.7 Å². The summed E-state index contributed by atoms with van der Waals surface area (Å²) in [5.41, 5.74) is 0.446. The van der Waals surface area contributed by atoms with Crippen molar-refractivity contribution in [2.45, 2.75) is 38.7 Å². The molecule has 0 radical (unpaired) electrons. The van der Waals surface area contributed by atoms with Crippen molar-refractivity contribution >= 4 is 35.2 Å². The quantitative estimate of drug-likeness (QED) is 0.922. The molecule has 0 aromatic carbocycles. The van der Waals surface area contributed by atoms with Crippen LogP contribution < -0.4 is 0 Å². The van der Waals surface area contributed by atoms with Crippen molar-refractivity contribution in [2.75, 3.05) is 5.75 Å². The summed E-state index contributed by atoms with van der Waals surface area (Å²) in [4.78, 5) is 25.8. The maximum atomic E-state index is 12.8. The first-order chi connectivity index (χ1) is 9.86. The number of hydrogen-bond acceptors (Lipinski definition) is 3. The highest BCUT2D eigenvalue weighted by Gasteiger charge is 2.43. The Morgan fingerprint density at radius 2 is 2.19 bits per heavy atom. The van der Waals surface area contributed by atoms with Crippen LogP contribution in [0.4, 0.5) is 0 Å². The average Bonchev–Trinajstić information content (AvgIpc) is 3.00. The number of aromatic nitrogens is 1. The van der Waals surface area contributed by atoms with E-state index in [1.54, 1.807) is 16.8 Å². The van der Waals surface area contributed by atoms with E-state index in [1.165, 1.54) is 16.7 Å². The number of hydrogen-bond donors (Lipinski definition) is 1. The van der Waals surface area contributed by atoms with Crippen molar-refractivity contribution in [3.63, 3.8) is 0 Å². The Kier molecular flexibility index (Phi) is 4.88. The zero-order chi connectivity index (χ0) is 15.7. The van der Waals surface area contributed by atoms with Crippen LogP contribution in [0.25, 0.3) is 0 Å². The Hall–Kier alpha value is -1.14. The number of carboxylic acid groups (broad SMARTS) is 1. The van der Waals surface area contributed by atoms with Crippen molar-refractivity contribution in [2.24, 2.45) is 5.92 Å². The van der Waals surface area contributed by atoms with E-state index in [0.717, 1.165) is 0 Å². The zero-order valence-electron chi connectivity index (χ0n) is 12.2. The molecule has 1 fully saturated rings. The normalized spacial score (nSPS) is 22.0. The first-order valence-electron chi connectivity index (χ1n) is 6.89. The fourth-order valence-electron chi connectivity index (χ4n) is 2.54. The highest BCUT2D eigenvalue weighted by atomic mass is 35.5. The van der Waals surface area contributed by atoms with Gasteiger partial charge in [-0.2, -0.15) is 0 Å². The molecule has 0 aliphatic carbocycles. The van der Waals surface area contributed by atoms with Crippen molar-refractivity contribution in [3.8, 4) is 0 Å². The molecule has 116 valence electrons. The molecule has 1 aliphatic heterocycles. The van der Waals surface area contributed by atoms with E-state index in [0.29, 0.717) is 23.0 Å². The number of nitrogens with zero attached hydrogens (tertiary/aromatic N) is 2. The molecular weight excluding hydrogens is 312 g/mol. The number of carbonyl (C=O) groups is 2. The standard InChI is InChI=1S/C14H19ClN2O3S/c1-4-16-6-9(15)5-10(16)12(18)17-11(14(19)20)7-21-13(17)8(2)3/h5-6,8,11,13H,4,7H2,1-3H3,(H,19,20). The maximum absolute atomic E-state index is 12.8. The molecule has 1 aromatic heterocycles. The Morgan fingerprint density at radius 1 is 1.52 bits per heavy atom. The number of carboxylic acids is 1. The minimum Gasteiger partial charge on any atom is -0.480 e. The number of aryl methyl sites for hydroxylation is 1. The third kappa shape index (κ3) is 3.06. The van der Waals surface area contributed by atoms with Gasteiger partial charge in [0.2, 0.25) is 0 Å². The van der Waals surface area contributed by atoms with Crippen LogP contribution in [0.15, 0.2) is 12.3 Å². The number of halogens is 1. The highest BCUT2D eigenvalue weighted by Crippen LogP contribution is 2.35. The Balaban J connectivity index is 2.39. The van der Waals surface area contributed by atoms with Crippen molar-refractivity contribution < 1.29 is 14.7 Å². The second-order valence-corrected chi connectivity index (χ2v) is 6.95. The summed E-state index contributed by atoms with van der Waals surface area (Å²) in [7, 11) is 0. The first kappa shape index (κ1) is 16.2. The lowest BCUT2D eigenvalue weighted by atomic mass is 10.1.